The van der Waals surface area contributed by atoms with E-state index in [1.54, 1.807) is 4.90 Å². The minimum atomic E-state index is -0.297. The molecule has 0 fully saturated rings. The monoisotopic (exact) mass is 256 g/mol. The summed E-state index contributed by atoms with van der Waals surface area (Å²) in [4.78, 5) is 14.4. The number of aromatic nitrogens is 1. The van der Waals surface area contributed by atoms with Crippen molar-refractivity contribution in [2.45, 2.75) is 32.7 Å². The van der Waals surface area contributed by atoms with Gasteiger partial charge in [0, 0.05) is 23.4 Å². The number of hydrogen-bond donors (Lipinski definition) is 1. The maximum Gasteiger partial charge on any atom is 0.410 e. The SMILES string of the molecule is CCCCOC(=O)N1CCc2snc(O)c2C1. The molecule has 0 spiro atoms. The van der Waals surface area contributed by atoms with E-state index in [1.165, 1.54) is 11.5 Å². The quantitative estimate of drug-likeness (QED) is 0.842. The molecular formula is C11H16N2O3S. The van der Waals surface area contributed by atoms with Crippen LogP contribution in [0.2, 0.25) is 0 Å². The van der Waals surface area contributed by atoms with Gasteiger partial charge in [-0.2, -0.15) is 4.37 Å². The average molecular weight is 256 g/mol. The van der Waals surface area contributed by atoms with E-state index in [4.69, 9.17) is 4.74 Å². The van der Waals surface area contributed by atoms with Crippen LogP contribution in [0.5, 0.6) is 5.88 Å². The normalized spacial score (nSPS) is 14.5. The van der Waals surface area contributed by atoms with Crippen LogP contribution in [0.1, 0.15) is 30.2 Å². The molecule has 1 aliphatic rings. The summed E-state index contributed by atoms with van der Waals surface area (Å²) in [7, 11) is 0. The average Bonchev–Trinajstić information content (AvgIpc) is 2.71. The Morgan fingerprint density at radius 2 is 2.47 bits per heavy atom. The highest BCUT2D eigenvalue weighted by atomic mass is 32.1. The molecule has 1 aromatic rings. The van der Waals surface area contributed by atoms with E-state index in [1.807, 2.05) is 0 Å². The predicted molar refractivity (Wildman–Crippen MR) is 64.1 cm³/mol. The Morgan fingerprint density at radius 3 is 3.24 bits per heavy atom. The van der Waals surface area contributed by atoms with E-state index in [0.717, 1.165) is 29.7 Å². The second-order valence-corrected chi connectivity index (χ2v) is 4.91. The van der Waals surface area contributed by atoms with E-state index in [-0.39, 0.29) is 12.0 Å². The molecule has 0 unspecified atom stereocenters. The first-order valence-electron chi connectivity index (χ1n) is 5.80. The molecule has 1 aromatic heterocycles. The minimum absolute atomic E-state index is 0.0519. The van der Waals surface area contributed by atoms with E-state index in [9.17, 15) is 9.90 Å². The third-order valence-electron chi connectivity index (χ3n) is 2.79. The molecule has 0 saturated carbocycles. The molecule has 1 amide bonds. The molecule has 0 saturated heterocycles. The van der Waals surface area contributed by atoms with Crippen LogP contribution >= 0.6 is 11.5 Å². The molecule has 17 heavy (non-hydrogen) atoms. The van der Waals surface area contributed by atoms with Crippen molar-refractivity contribution in [3.8, 4) is 5.88 Å². The van der Waals surface area contributed by atoms with Crippen LogP contribution < -0.4 is 0 Å². The molecule has 5 nitrogen and oxygen atoms in total. The summed E-state index contributed by atoms with van der Waals surface area (Å²) >= 11 is 1.31. The van der Waals surface area contributed by atoms with Gasteiger partial charge in [-0.05, 0) is 18.0 Å². The summed E-state index contributed by atoms with van der Waals surface area (Å²) < 4.78 is 9.03. The van der Waals surface area contributed by atoms with Crippen LogP contribution in [0, 0.1) is 0 Å². The lowest BCUT2D eigenvalue weighted by Gasteiger charge is -2.25. The molecule has 0 bridgehead atoms. The van der Waals surface area contributed by atoms with E-state index in [2.05, 4.69) is 11.3 Å². The number of amides is 1. The van der Waals surface area contributed by atoms with Crippen LogP contribution in [-0.2, 0) is 17.7 Å². The van der Waals surface area contributed by atoms with Crippen LogP contribution in [0.3, 0.4) is 0 Å². The van der Waals surface area contributed by atoms with Crippen molar-refractivity contribution in [3.05, 3.63) is 10.4 Å². The molecular weight excluding hydrogens is 240 g/mol. The van der Waals surface area contributed by atoms with Crippen molar-refractivity contribution in [2.75, 3.05) is 13.2 Å². The number of nitrogens with zero attached hydrogens (tertiary/aromatic N) is 2. The van der Waals surface area contributed by atoms with E-state index in [0.29, 0.717) is 19.7 Å². The lowest BCUT2D eigenvalue weighted by atomic mass is 10.1. The zero-order chi connectivity index (χ0) is 12.3. The summed E-state index contributed by atoms with van der Waals surface area (Å²) in [5, 5.41) is 9.53. The first-order chi connectivity index (χ1) is 8.22. The van der Waals surface area contributed by atoms with E-state index < -0.39 is 0 Å². The topological polar surface area (TPSA) is 62.7 Å². The van der Waals surface area contributed by atoms with Gasteiger partial charge < -0.3 is 14.7 Å². The van der Waals surface area contributed by atoms with Gasteiger partial charge in [0.1, 0.15) is 0 Å². The predicted octanol–water partition coefficient (Wildman–Crippen LogP) is 2.14. The number of rotatable bonds is 3. The van der Waals surface area contributed by atoms with Gasteiger partial charge in [-0.3, -0.25) is 0 Å². The Kier molecular flexibility index (Phi) is 3.83. The maximum absolute atomic E-state index is 11.7. The number of carbonyl (C=O) groups is 1. The highest BCUT2D eigenvalue weighted by Gasteiger charge is 2.26. The summed E-state index contributed by atoms with van der Waals surface area (Å²) in [6, 6.07) is 0. The van der Waals surface area contributed by atoms with Crippen LogP contribution in [-0.4, -0.2) is 33.6 Å². The largest absolute Gasteiger partial charge is 0.492 e. The van der Waals surface area contributed by atoms with Gasteiger partial charge in [-0.1, -0.05) is 13.3 Å². The van der Waals surface area contributed by atoms with Crippen molar-refractivity contribution < 1.29 is 14.6 Å². The lowest BCUT2D eigenvalue weighted by Crippen LogP contribution is -2.35. The van der Waals surface area contributed by atoms with Crippen molar-refractivity contribution in [1.29, 1.82) is 0 Å². The fraction of sp³-hybridized carbons (Fsp3) is 0.636. The number of carbonyl (C=O) groups excluding carboxylic acids is 1. The summed E-state index contributed by atoms with van der Waals surface area (Å²) in [5.74, 6) is 0.0519. The van der Waals surface area contributed by atoms with Crippen molar-refractivity contribution in [3.63, 3.8) is 0 Å². The minimum Gasteiger partial charge on any atom is -0.492 e. The Morgan fingerprint density at radius 1 is 1.65 bits per heavy atom. The summed E-state index contributed by atoms with van der Waals surface area (Å²) in [6.45, 7) is 3.56. The molecule has 6 heteroatoms. The first-order valence-corrected chi connectivity index (χ1v) is 6.57. The highest BCUT2D eigenvalue weighted by Crippen LogP contribution is 2.29. The Bertz CT molecular complexity index is 405. The highest BCUT2D eigenvalue weighted by molar-refractivity contribution is 7.06. The zero-order valence-electron chi connectivity index (χ0n) is 9.81. The molecule has 1 aliphatic heterocycles. The molecule has 0 aromatic carbocycles. The number of fused-ring (bicyclic) bond motifs is 1. The zero-order valence-corrected chi connectivity index (χ0v) is 10.6. The van der Waals surface area contributed by atoms with Gasteiger partial charge in [0.05, 0.1) is 13.2 Å². The second kappa shape index (κ2) is 5.35. The van der Waals surface area contributed by atoms with Gasteiger partial charge in [0.15, 0.2) is 0 Å². The molecule has 2 rings (SSSR count). The number of unbranched alkanes of at least 4 members (excludes halogenated alkanes) is 1. The Labute approximate surface area is 104 Å². The Balaban J connectivity index is 1.92. The summed E-state index contributed by atoms with van der Waals surface area (Å²) in [5.41, 5.74) is 0.772. The molecule has 2 heterocycles. The van der Waals surface area contributed by atoms with Crippen LogP contribution in [0.15, 0.2) is 0 Å². The second-order valence-electron chi connectivity index (χ2n) is 4.05. The standard InChI is InChI=1S/C11H16N2O3S/c1-2-3-6-16-11(15)13-5-4-9-8(7-13)10(14)12-17-9/h2-7H2,1H3,(H,12,14). The molecule has 0 atom stereocenters. The maximum atomic E-state index is 11.7. The number of hydrogen-bond acceptors (Lipinski definition) is 5. The number of ether oxygens (including phenoxy) is 1. The van der Waals surface area contributed by atoms with Crippen molar-refractivity contribution in [2.24, 2.45) is 0 Å². The van der Waals surface area contributed by atoms with Gasteiger partial charge in [0.25, 0.3) is 0 Å². The fourth-order valence-electron chi connectivity index (χ4n) is 1.75. The van der Waals surface area contributed by atoms with E-state index >= 15 is 0 Å². The molecule has 1 N–H and O–H groups in total. The summed E-state index contributed by atoms with van der Waals surface area (Å²) in [6.07, 6.45) is 2.34. The third-order valence-corrected chi connectivity index (χ3v) is 3.72. The van der Waals surface area contributed by atoms with Gasteiger partial charge in [0.2, 0.25) is 5.88 Å². The molecule has 94 valence electrons. The molecule has 0 radical (unpaired) electrons. The first kappa shape index (κ1) is 12.2. The lowest BCUT2D eigenvalue weighted by molar-refractivity contribution is 0.0965. The van der Waals surface area contributed by atoms with Crippen LogP contribution in [0.4, 0.5) is 4.79 Å². The van der Waals surface area contributed by atoms with Crippen LogP contribution in [0.25, 0.3) is 0 Å². The smallest absolute Gasteiger partial charge is 0.410 e. The van der Waals surface area contributed by atoms with Gasteiger partial charge in [-0.25, -0.2) is 4.79 Å². The van der Waals surface area contributed by atoms with Gasteiger partial charge >= 0.3 is 6.09 Å². The Hall–Kier alpha value is -1.30. The molecule has 0 aliphatic carbocycles. The fourth-order valence-corrected chi connectivity index (χ4v) is 2.50. The van der Waals surface area contributed by atoms with Gasteiger partial charge in [-0.15, -0.1) is 0 Å². The van der Waals surface area contributed by atoms with Crippen molar-refractivity contribution in [1.82, 2.24) is 9.27 Å². The van der Waals surface area contributed by atoms with Crippen molar-refractivity contribution >= 4 is 17.6 Å². The third kappa shape index (κ3) is 2.69. The number of aromatic hydroxyl groups is 1.